The Balaban J connectivity index is 1.14. The minimum Gasteiger partial charge on any atom is -0.494 e. The first-order valence-corrected chi connectivity index (χ1v) is 17.4. The molecule has 10 heteroatoms. The summed E-state index contributed by atoms with van der Waals surface area (Å²) in [6.07, 6.45) is 4.56. The number of pyridine rings is 1. The van der Waals surface area contributed by atoms with E-state index >= 15 is 0 Å². The zero-order chi connectivity index (χ0) is 30.6. The summed E-state index contributed by atoms with van der Waals surface area (Å²) in [5.74, 6) is -1.95. The fraction of sp³-hybridized carbons (Fsp3) is 0.412. The number of carbonyl (C=O) groups is 1. The number of halogens is 2. The molecule has 0 unspecified atom stereocenters. The average molecular weight is 633 g/mol. The van der Waals surface area contributed by atoms with Crippen molar-refractivity contribution in [3.8, 4) is 16.2 Å². The molecule has 2 atom stereocenters. The van der Waals surface area contributed by atoms with Crippen molar-refractivity contribution in [1.29, 1.82) is 0 Å². The fourth-order valence-corrected chi connectivity index (χ4v) is 8.87. The molecule has 0 spiro atoms. The van der Waals surface area contributed by atoms with Gasteiger partial charge in [0.25, 0.3) is 11.8 Å². The Bertz CT molecular complexity index is 1720. The Morgan fingerprint density at radius 3 is 2.70 bits per heavy atom. The lowest BCUT2D eigenvalue weighted by Gasteiger charge is -2.41. The SMILES string of the molecule is Cc1ccc(O[C@@H]([SiH3])[C@@H]2CCN2C)cc1C(=O)NC1(c2cc(-c3ccc(CN4CCC(F)(F)C4)s3)cc3ncccc23)CC1. The number of likely N-dealkylation sites (tertiary alicyclic amines) is 2. The molecule has 4 aromatic rings. The van der Waals surface area contributed by atoms with Crippen LogP contribution in [0.3, 0.4) is 0 Å². The van der Waals surface area contributed by atoms with Gasteiger partial charge in [0.1, 0.15) is 5.75 Å². The molecule has 4 heterocycles. The fourth-order valence-electron chi connectivity index (χ4n) is 6.71. The highest BCUT2D eigenvalue weighted by molar-refractivity contribution is 7.15. The van der Waals surface area contributed by atoms with Gasteiger partial charge in [-0.05, 0) is 98.9 Å². The number of benzene rings is 2. The molecule has 2 aliphatic heterocycles. The molecular formula is C34H38F2N4O2SSi. The molecule has 1 saturated carbocycles. The van der Waals surface area contributed by atoms with Crippen LogP contribution in [0.1, 0.15) is 52.0 Å². The number of alkyl halides is 2. The van der Waals surface area contributed by atoms with E-state index in [1.54, 1.807) is 17.5 Å². The minimum absolute atomic E-state index is 0.0751. The van der Waals surface area contributed by atoms with Gasteiger partial charge >= 0.3 is 0 Å². The monoisotopic (exact) mass is 632 g/mol. The maximum Gasteiger partial charge on any atom is 0.261 e. The number of hydrogen-bond donors (Lipinski definition) is 1. The molecule has 44 heavy (non-hydrogen) atoms. The first-order valence-electron chi connectivity index (χ1n) is 15.5. The quantitative estimate of drug-likeness (QED) is 0.254. The summed E-state index contributed by atoms with van der Waals surface area (Å²) < 4.78 is 33.8. The number of thiophene rings is 1. The molecule has 6 nitrogen and oxygen atoms in total. The van der Waals surface area contributed by atoms with Crippen molar-refractivity contribution in [2.75, 3.05) is 26.7 Å². The predicted octanol–water partition coefficient (Wildman–Crippen LogP) is 5.31. The van der Waals surface area contributed by atoms with Crippen molar-refractivity contribution in [1.82, 2.24) is 20.1 Å². The van der Waals surface area contributed by atoms with Gasteiger partial charge in [-0.25, -0.2) is 8.78 Å². The van der Waals surface area contributed by atoms with Crippen LogP contribution in [-0.4, -0.2) is 75.3 Å². The van der Waals surface area contributed by atoms with Gasteiger partial charge in [-0.3, -0.25) is 14.7 Å². The molecule has 7 rings (SSSR count). The molecule has 3 aliphatic rings. The number of rotatable bonds is 9. The van der Waals surface area contributed by atoms with E-state index in [0.717, 1.165) is 79.1 Å². The Hall–Kier alpha value is -3.18. The van der Waals surface area contributed by atoms with E-state index in [2.05, 4.69) is 46.5 Å². The standard InChI is InChI=1S/C34H38F2N4O2SSi/c1-21-5-6-23(42-32(44)29-9-14-39(29)2)18-26(21)31(41)38-33(10-11-33)27-16-22(17-28-25(27)4-3-13-37-28)30-8-7-24(43-30)19-40-15-12-34(35,36)20-40/h3-8,13,16-18,29,32H,9-12,14-15,19-20H2,1-2,44H3,(H,38,41)/t29-,32-/m0/s1. The lowest BCUT2D eigenvalue weighted by molar-refractivity contribution is 0.0116. The number of aromatic nitrogens is 1. The number of hydrogen-bond acceptors (Lipinski definition) is 6. The van der Waals surface area contributed by atoms with E-state index in [0.29, 0.717) is 24.7 Å². The number of amides is 1. The van der Waals surface area contributed by atoms with Gasteiger partial charge in [0.15, 0.2) is 0 Å². The second-order valence-corrected chi connectivity index (χ2v) is 15.2. The van der Waals surface area contributed by atoms with Crippen molar-refractivity contribution in [3.05, 3.63) is 82.4 Å². The lowest BCUT2D eigenvalue weighted by Crippen LogP contribution is -2.53. The van der Waals surface area contributed by atoms with Crippen LogP contribution in [-0.2, 0) is 12.1 Å². The maximum absolute atomic E-state index is 13.9. The molecule has 1 N–H and O–H groups in total. The first-order chi connectivity index (χ1) is 21.1. The molecule has 230 valence electrons. The largest absolute Gasteiger partial charge is 0.494 e. The Morgan fingerprint density at radius 1 is 1.16 bits per heavy atom. The van der Waals surface area contributed by atoms with Gasteiger partial charge in [-0.2, -0.15) is 0 Å². The number of aryl methyl sites for hydroxylation is 1. The summed E-state index contributed by atoms with van der Waals surface area (Å²) in [6, 6.07) is 18.7. The highest BCUT2D eigenvalue weighted by Gasteiger charge is 2.47. The first kappa shape index (κ1) is 29.5. The zero-order valence-electron chi connectivity index (χ0n) is 25.4. The number of fused-ring (bicyclic) bond motifs is 1. The van der Waals surface area contributed by atoms with Gasteiger partial charge in [0, 0.05) is 52.5 Å². The van der Waals surface area contributed by atoms with Crippen molar-refractivity contribution in [2.45, 2.75) is 62.4 Å². The number of carbonyl (C=O) groups excluding carboxylic acids is 1. The Kier molecular flexibility index (Phi) is 7.59. The number of nitrogens with one attached hydrogen (secondary N) is 1. The van der Waals surface area contributed by atoms with E-state index in [-0.39, 0.29) is 24.6 Å². The highest BCUT2D eigenvalue weighted by Crippen LogP contribution is 2.49. The Labute approximate surface area is 263 Å². The zero-order valence-corrected chi connectivity index (χ0v) is 28.2. The van der Waals surface area contributed by atoms with E-state index in [1.165, 1.54) is 0 Å². The van der Waals surface area contributed by atoms with Crippen molar-refractivity contribution >= 4 is 38.4 Å². The summed E-state index contributed by atoms with van der Waals surface area (Å²) in [7, 11) is 3.05. The van der Waals surface area contributed by atoms with Gasteiger partial charge in [0.2, 0.25) is 0 Å². The van der Waals surface area contributed by atoms with E-state index in [1.807, 2.05) is 42.2 Å². The molecule has 0 bridgehead atoms. The van der Waals surface area contributed by atoms with Crippen LogP contribution >= 0.6 is 11.3 Å². The molecule has 3 fully saturated rings. The van der Waals surface area contributed by atoms with Crippen molar-refractivity contribution in [3.63, 3.8) is 0 Å². The summed E-state index contributed by atoms with van der Waals surface area (Å²) in [4.78, 5) is 24.8. The summed E-state index contributed by atoms with van der Waals surface area (Å²) >= 11 is 1.63. The molecular weight excluding hydrogens is 595 g/mol. The smallest absolute Gasteiger partial charge is 0.261 e. The average Bonchev–Trinajstić information content (AvgIpc) is 3.46. The number of likely N-dealkylation sites (N-methyl/N-ethyl adjacent to an activating group) is 1. The molecule has 1 amide bonds. The Morgan fingerprint density at radius 2 is 2.00 bits per heavy atom. The van der Waals surface area contributed by atoms with Crippen molar-refractivity contribution in [2.24, 2.45) is 0 Å². The van der Waals surface area contributed by atoms with Gasteiger partial charge in [0.05, 0.1) is 33.6 Å². The van der Waals surface area contributed by atoms with Crippen LogP contribution in [0, 0.1) is 6.92 Å². The van der Waals surface area contributed by atoms with Crippen LogP contribution in [0.25, 0.3) is 21.3 Å². The second-order valence-electron chi connectivity index (χ2n) is 12.8. The van der Waals surface area contributed by atoms with Gasteiger partial charge < -0.3 is 15.0 Å². The molecule has 2 aromatic carbocycles. The van der Waals surface area contributed by atoms with E-state index in [9.17, 15) is 13.6 Å². The highest BCUT2D eigenvalue weighted by atomic mass is 32.1. The van der Waals surface area contributed by atoms with Crippen LogP contribution in [0.2, 0.25) is 0 Å². The molecule has 2 saturated heterocycles. The van der Waals surface area contributed by atoms with Gasteiger partial charge in [-0.1, -0.05) is 12.1 Å². The third-order valence-electron chi connectivity index (χ3n) is 9.57. The van der Waals surface area contributed by atoms with E-state index in [4.69, 9.17) is 4.74 Å². The molecule has 2 aromatic heterocycles. The lowest BCUT2D eigenvalue weighted by atomic mass is 9.95. The number of nitrogens with zero attached hydrogens (tertiary/aromatic N) is 3. The summed E-state index contributed by atoms with van der Waals surface area (Å²) in [6.45, 7) is 3.84. The van der Waals surface area contributed by atoms with Gasteiger partial charge in [-0.15, -0.1) is 11.3 Å². The van der Waals surface area contributed by atoms with Crippen LogP contribution in [0.15, 0.2) is 60.8 Å². The summed E-state index contributed by atoms with van der Waals surface area (Å²) in [5, 5.41) is 4.44. The second kappa shape index (κ2) is 11.3. The molecule has 1 aliphatic carbocycles. The van der Waals surface area contributed by atoms with Crippen molar-refractivity contribution < 1.29 is 18.3 Å². The predicted molar refractivity (Wildman–Crippen MR) is 175 cm³/mol. The summed E-state index contributed by atoms with van der Waals surface area (Å²) in [5.41, 5.74) is 4.22. The topological polar surface area (TPSA) is 57.7 Å². The van der Waals surface area contributed by atoms with E-state index < -0.39 is 11.5 Å². The minimum atomic E-state index is -2.60. The van der Waals surface area contributed by atoms with Crippen LogP contribution < -0.4 is 10.1 Å². The molecule has 0 radical (unpaired) electrons. The third kappa shape index (κ3) is 5.80. The maximum atomic E-state index is 13.9. The van der Waals surface area contributed by atoms with Crippen LogP contribution in [0.4, 0.5) is 8.78 Å². The third-order valence-corrected chi connectivity index (χ3v) is 11.7. The number of ether oxygens (including phenoxy) is 1. The normalized spacial score (nSPS) is 21.7. The van der Waals surface area contributed by atoms with Crippen LogP contribution in [0.5, 0.6) is 5.75 Å².